The molecule has 2 nitrogen and oxygen atoms in total. The van der Waals surface area contributed by atoms with Gasteiger partial charge in [-0.2, -0.15) is 0 Å². The van der Waals surface area contributed by atoms with E-state index in [1.54, 1.807) is 0 Å². The van der Waals surface area contributed by atoms with E-state index in [-0.39, 0.29) is 38.4 Å². The number of ketones is 2. The Labute approximate surface area is 75.0 Å². The van der Waals surface area contributed by atoms with Crippen molar-refractivity contribution in [3.8, 4) is 0 Å². The molecule has 10 heavy (non-hydrogen) atoms. The second-order valence-electron chi connectivity index (χ2n) is 2.17. The first-order valence-electron chi connectivity index (χ1n) is 3.18. The first-order valence-corrected chi connectivity index (χ1v) is 3.18. The Kier molecular flexibility index (Phi) is 9.00. The minimum atomic E-state index is -0.0338. The van der Waals surface area contributed by atoms with Crippen molar-refractivity contribution in [3.05, 3.63) is 0 Å². The third-order valence-electron chi connectivity index (χ3n) is 0.975. The van der Waals surface area contributed by atoms with E-state index in [1.165, 1.54) is 6.92 Å². The number of rotatable bonds is 4. The van der Waals surface area contributed by atoms with Crippen LogP contribution in [0.15, 0.2) is 0 Å². The van der Waals surface area contributed by atoms with Crippen LogP contribution in [0.3, 0.4) is 0 Å². The number of carbonyl (C=O) groups is 2. The largest absolute Gasteiger partial charge is 2.00 e. The van der Waals surface area contributed by atoms with Gasteiger partial charge in [-0.15, -0.1) is 0 Å². The first kappa shape index (κ1) is 12.7. The average Bonchev–Trinajstić information content (AvgIpc) is 1.63. The van der Waals surface area contributed by atoms with Crippen molar-refractivity contribution in [1.82, 2.24) is 0 Å². The molecule has 0 unspecified atom stereocenters. The van der Waals surface area contributed by atoms with Gasteiger partial charge in [0.1, 0.15) is 11.6 Å². The minimum absolute atomic E-state index is 0. The first-order chi connectivity index (χ1) is 4.16. The Bertz CT molecular complexity index is 121. The van der Waals surface area contributed by atoms with Crippen LogP contribution in [0.25, 0.3) is 0 Å². The fourth-order valence-corrected chi connectivity index (χ4v) is 0.645. The van der Waals surface area contributed by atoms with Crippen LogP contribution >= 0.6 is 0 Å². The van der Waals surface area contributed by atoms with E-state index >= 15 is 0 Å². The van der Waals surface area contributed by atoms with E-state index in [1.807, 2.05) is 6.92 Å². The summed E-state index contributed by atoms with van der Waals surface area (Å²) in [6.45, 7) is 3.37. The van der Waals surface area contributed by atoms with E-state index in [4.69, 9.17) is 0 Å². The van der Waals surface area contributed by atoms with Crippen molar-refractivity contribution < 1.29 is 30.0 Å². The number of hydrogen-bond acceptors (Lipinski definition) is 2. The predicted molar refractivity (Wildman–Crippen MR) is 35.2 cm³/mol. The van der Waals surface area contributed by atoms with Crippen LogP contribution in [0, 0.1) is 0 Å². The second kappa shape index (κ2) is 7.11. The number of Topliss-reactive ketones (excluding diaryl/α,β-unsaturated/α-hetero) is 2. The average molecular weight is 235 g/mol. The smallest absolute Gasteiger partial charge is 0.300 e. The molecule has 0 fully saturated rings. The monoisotopic (exact) mass is 234 g/mol. The van der Waals surface area contributed by atoms with Gasteiger partial charge in [-0.1, -0.05) is 6.92 Å². The summed E-state index contributed by atoms with van der Waals surface area (Å²) in [5.74, 6) is 0.0263. The Morgan fingerprint density at radius 1 is 1.30 bits per heavy atom. The SMILES string of the molecule is CCCC(=O)CC(C)=O.[Pd+2]. The van der Waals surface area contributed by atoms with Crippen LogP contribution in [0.1, 0.15) is 33.1 Å². The summed E-state index contributed by atoms with van der Waals surface area (Å²) in [7, 11) is 0. The molecule has 60 valence electrons. The number of hydrogen-bond donors (Lipinski definition) is 0. The van der Waals surface area contributed by atoms with Crippen molar-refractivity contribution in [1.29, 1.82) is 0 Å². The molecule has 0 bridgehead atoms. The van der Waals surface area contributed by atoms with Crippen LogP contribution < -0.4 is 0 Å². The molecule has 0 radical (unpaired) electrons. The molecule has 0 amide bonds. The van der Waals surface area contributed by atoms with Gasteiger partial charge < -0.3 is 0 Å². The summed E-state index contributed by atoms with van der Waals surface area (Å²) >= 11 is 0. The molecular weight excluding hydrogens is 222 g/mol. The molecule has 0 heterocycles. The Hall–Kier alpha value is 0.00234. The zero-order chi connectivity index (χ0) is 7.28. The van der Waals surface area contributed by atoms with Gasteiger partial charge in [0.15, 0.2) is 0 Å². The molecule has 0 atom stereocenters. The Morgan fingerprint density at radius 2 is 1.80 bits per heavy atom. The molecule has 0 aliphatic heterocycles. The van der Waals surface area contributed by atoms with Gasteiger partial charge in [-0.25, -0.2) is 0 Å². The summed E-state index contributed by atoms with van der Waals surface area (Å²) in [4.78, 5) is 20.9. The summed E-state index contributed by atoms with van der Waals surface area (Å²) in [6.07, 6.45) is 1.50. The van der Waals surface area contributed by atoms with Crippen LogP contribution in [0.2, 0.25) is 0 Å². The summed E-state index contributed by atoms with van der Waals surface area (Å²) < 4.78 is 0. The third kappa shape index (κ3) is 8.00. The van der Waals surface area contributed by atoms with E-state index in [0.29, 0.717) is 6.42 Å². The van der Waals surface area contributed by atoms with Gasteiger partial charge in [0.2, 0.25) is 0 Å². The molecule has 0 saturated heterocycles. The molecule has 0 rings (SSSR count). The van der Waals surface area contributed by atoms with Gasteiger partial charge in [-0.05, 0) is 13.3 Å². The van der Waals surface area contributed by atoms with E-state index in [9.17, 15) is 9.59 Å². The van der Waals surface area contributed by atoms with E-state index < -0.39 is 0 Å². The maximum absolute atomic E-state index is 10.6. The van der Waals surface area contributed by atoms with Crippen LogP contribution in [0.4, 0.5) is 0 Å². The van der Waals surface area contributed by atoms with Crippen molar-refractivity contribution in [2.24, 2.45) is 0 Å². The zero-order valence-corrected chi connectivity index (χ0v) is 7.81. The second-order valence-corrected chi connectivity index (χ2v) is 2.17. The summed E-state index contributed by atoms with van der Waals surface area (Å²) in [5.41, 5.74) is 0. The van der Waals surface area contributed by atoms with E-state index in [2.05, 4.69) is 0 Å². The van der Waals surface area contributed by atoms with Crippen LogP contribution in [-0.2, 0) is 30.0 Å². The summed E-state index contributed by atoms with van der Waals surface area (Å²) in [5, 5.41) is 0. The molecule has 0 aromatic heterocycles. The molecule has 0 aromatic carbocycles. The van der Waals surface area contributed by atoms with Crippen molar-refractivity contribution >= 4 is 11.6 Å². The molecule has 0 aromatic rings. The molecule has 0 N–H and O–H groups in total. The zero-order valence-electron chi connectivity index (χ0n) is 6.25. The van der Waals surface area contributed by atoms with Crippen molar-refractivity contribution in [2.75, 3.05) is 0 Å². The fourth-order valence-electron chi connectivity index (χ4n) is 0.645. The quantitative estimate of drug-likeness (QED) is 0.543. The van der Waals surface area contributed by atoms with Gasteiger partial charge in [0.05, 0.1) is 6.42 Å². The molecular formula is C7H12O2Pd+2. The van der Waals surface area contributed by atoms with Crippen molar-refractivity contribution in [2.45, 2.75) is 33.1 Å². The number of carbonyl (C=O) groups excluding carboxylic acids is 2. The van der Waals surface area contributed by atoms with Crippen molar-refractivity contribution in [3.63, 3.8) is 0 Å². The molecule has 0 spiro atoms. The standard InChI is InChI=1S/C7H12O2.Pd/c1-3-4-7(9)5-6(2)8;/h3-5H2,1-2H3;/q;+2. The fraction of sp³-hybridized carbons (Fsp3) is 0.714. The summed E-state index contributed by atoms with van der Waals surface area (Å²) in [6, 6.07) is 0. The third-order valence-corrected chi connectivity index (χ3v) is 0.975. The maximum atomic E-state index is 10.6. The maximum Gasteiger partial charge on any atom is 2.00 e. The van der Waals surface area contributed by atoms with Crippen LogP contribution in [-0.4, -0.2) is 11.6 Å². The van der Waals surface area contributed by atoms with Gasteiger partial charge in [0, 0.05) is 6.42 Å². The van der Waals surface area contributed by atoms with Gasteiger partial charge in [0.25, 0.3) is 0 Å². The molecule has 0 saturated carbocycles. The topological polar surface area (TPSA) is 34.1 Å². The molecule has 0 aliphatic carbocycles. The molecule has 3 heteroatoms. The Morgan fingerprint density at radius 3 is 2.10 bits per heavy atom. The van der Waals surface area contributed by atoms with Gasteiger partial charge >= 0.3 is 20.4 Å². The molecule has 0 aliphatic rings. The van der Waals surface area contributed by atoms with Gasteiger partial charge in [-0.3, -0.25) is 9.59 Å². The van der Waals surface area contributed by atoms with E-state index in [0.717, 1.165) is 6.42 Å². The Balaban J connectivity index is 0. The van der Waals surface area contributed by atoms with Crippen LogP contribution in [0.5, 0.6) is 0 Å². The predicted octanol–water partition coefficient (Wildman–Crippen LogP) is 1.33. The normalized spacial score (nSPS) is 8.20. The minimum Gasteiger partial charge on any atom is -0.300 e.